The zero-order chi connectivity index (χ0) is 9.97. The third-order valence-electron chi connectivity index (χ3n) is 4.21. The van der Waals surface area contributed by atoms with Crippen LogP contribution in [-0.2, 0) is 0 Å². The van der Waals surface area contributed by atoms with Gasteiger partial charge in [-0.1, -0.05) is 19.3 Å². The fourth-order valence-corrected chi connectivity index (χ4v) is 3.07. The van der Waals surface area contributed by atoms with Gasteiger partial charge in [-0.05, 0) is 32.7 Å². The van der Waals surface area contributed by atoms with Gasteiger partial charge in [-0.3, -0.25) is 4.90 Å². The van der Waals surface area contributed by atoms with Gasteiger partial charge in [0.05, 0.1) is 0 Å². The zero-order valence-corrected chi connectivity index (χ0v) is 9.63. The number of hydrogen-bond donors (Lipinski definition) is 1. The first-order valence-electron chi connectivity index (χ1n) is 6.21. The van der Waals surface area contributed by atoms with E-state index >= 15 is 0 Å². The molecule has 0 radical (unpaired) electrons. The number of hydrogen-bond acceptors (Lipinski definition) is 2. The Balaban J connectivity index is 1.93. The maximum atomic E-state index is 3.57. The van der Waals surface area contributed by atoms with Crippen molar-refractivity contribution < 1.29 is 0 Å². The van der Waals surface area contributed by atoms with Gasteiger partial charge in [0.15, 0.2) is 0 Å². The summed E-state index contributed by atoms with van der Waals surface area (Å²) in [7, 11) is 2.31. The van der Waals surface area contributed by atoms with E-state index in [-0.39, 0.29) is 0 Å². The van der Waals surface area contributed by atoms with E-state index in [9.17, 15) is 0 Å². The Morgan fingerprint density at radius 2 is 1.79 bits per heavy atom. The molecule has 2 aliphatic rings. The van der Waals surface area contributed by atoms with Crippen LogP contribution in [0.3, 0.4) is 0 Å². The highest BCUT2D eigenvalue weighted by molar-refractivity contribution is 4.88. The fraction of sp³-hybridized carbons (Fsp3) is 1.00. The molecule has 0 spiro atoms. The highest BCUT2D eigenvalue weighted by atomic mass is 15.2. The summed E-state index contributed by atoms with van der Waals surface area (Å²) in [5.74, 6) is 0.962. The van der Waals surface area contributed by atoms with Crippen molar-refractivity contribution in [2.45, 2.75) is 51.1 Å². The molecule has 2 rings (SSSR count). The molecule has 0 bridgehead atoms. The molecule has 1 N–H and O–H groups in total. The fourth-order valence-electron chi connectivity index (χ4n) is 3.07. The molecule has 0 amide bonds. The molecule has 1 aliphatic heterocycles. The van der Waals surface area contributed by atoms with Gasteiger partial charge < -0.3 is 5.32 Å². The van der Waals surface area contributed by atoms with Crippen molar-refractivity contribution in [3.05, 3.63) is 0 Å². The molecular formula is C12H24N2. The Morgan fingerprint density at radius 1 is 1.07 bits per heavy atom. The van der Waals surface area contributed by atoms with Crippen molar-refractivity contribution in [2.75, 3.05) is 20.1 Å². The van der Waals surface area contributed by atoms with Crippen molar-refractivity contribution in [3.8, 4) is 0 Å². The Kier molecular flexibility index (Phi) is 3.45. The van der Waals surface area contributed by atoms with E-state index in [1.54, 1.807) is 0 Å². The Labute approximate surface area is 88.1 Å². The number of nitrogens with one attached hydrogen (secondary N) is 1. The van der Waals surface area contributed by atoms with Gasteiger partial charge in [-0.25, -0.2) is 0 Å². The number of nitrogens with zero attached hydrogens (tertiary/aromatic N) is 1. The van der Waals surface area contributed by atoms with E-state index in [1.807, 2.05) is 0 Å². The largest absolute Gasteiger partial charge is 0.314 e. The number of piperazine rings is 1. The molecule has 2 nitrogen and oxygen atoms in total. The van der Waals surface area contributed by atoms with Crippen LogP contribution in [0.5, 0.6) is 0 Å². The quantitative estimate of drug-likeness (QED) is 0.688. The van der Waals surface area contributed by atoms with E-state index in [0.717, 1.165) is 18.0 Å². The van der Waals surface area contributed by atoms with Crippen molar-refractivity contribution in [1.82, 2.24) is 10.2 Å². The minimum Gasteiger partial charge on any atom is -0.314 e. The van der Waals surface area contributed by atoms with Crippen molar-refractivity contribution in [3.63, 3.8) is 0 Å². The molecule has 0 aromatic carbocycles. The second kappa shape index (κ2) is 4.63. The van der Waals surface area contributed by atoms with Gasteiger partial charge in [0.25, 0.3) is 0 Å². The third-order valence-corrected chi connectivity index (χ3v) is 4.21. The summed E-state index contributed by atoms with van der Waals surface area (Å²) in [6.07, 6.45) is 7.31. The van der Waals surface area contributed by atoms with Crippen molar-refractivity contribution in [1.29, 1.82) is 0 Å². The van der Waals surface area contributed by atoms with Gasteiger partial charge in [0.1, 0.15) is 0 Å². The molecule has 0 aromatic heterocycles. The predicted octanol–water partition coefficient (Wildman–Crippen LogP) is 1.86. The summed E-state index contributed by atoms with van der Waals surface area (Å²) in [5.41, 5.74) is 0. The SMILES string of the molecule is CC1CNCC(C2CCCCC2)N1C. The summed E-state index contributed by atoms with van der Waals surface area (Å²) in [5, 5.41) is 3.57. The molecule has 1 heterocycles. The first kappa shape index (κ1) is 10.4. The van der Waals surface area contributed by atoms with Gasteiger partial charge in [-0.15, -0.1) is 0 Å². The van der Waals surface area contributed by atoms with E-state index in [2.05, 4.69) is 24.2 Å². The smallest absolute Gasteiger partial charge is 0.0249 e. The Morgan fingerprint density at radius 3 is 2.50 bits per heavy atom. The van der Waals surface area contributed by atoms with Gasteiger partial charge in [0.2, 0.25) is 0 Å². The Hall–Kier alpha value is -0.0800. The highest BCUT2D eigenvalue weighted by Crippen LogP contribution is 2.29. The first-order chi connectivity index (χ1) is 6.79. The predicted molar refractivity (Wildman–Crippen MR) is 60.5 cm³/mol. The van der Waals surface area contributed by atoms with Crippen LogP contribution >= 0.6 is 0 Å². The molecule has 2 fully saturated rings. The summed E-state index contributed by atoms with van der Waals surface area (Å²) >= 11 is 0. The minimum absolute atomic E-state index is 0.718. The lowest BCUT2D eigenvalue weighted by Crippen LogP contribution is -2.57. The number of likely N-dealkylation sites (N-methyl/N-ethyl adjacent to an activating group) is 1. The van der Waals surface area contributed by atoms with Crippen LogP contribution in [0, 0.1) is 5.92 Å². The van der Waals surface area contributed by atoms with Gasteiger partial charge in [-0.2, -0.15) is 0 Å². The maximum Gasteiger partial charge on any atom is 0.0249 e. The molecule has 1 saturated carbocycles. The van der Waals surface area contributed by atoms with Crippen LogP contribution in [0.1, 0.15) is 39.0 Å². The van der Waals surface area contributed by atoms with Crippen LogP contribution in [0.25, 0.3) is 0 Å². The lowest BCUT2D eigenvalue weighted by Gasteiger charge is -2.43. The van der Waals surface area contributed by atoms with E-state index < -0.39 is 0 Å². The number of rotatable bonds is 1. The summed E-state index contributed by atoms with van der Waals surface area (Å²) in [6, 6.07) is 1.52. The van der Waals surface area contributed by atoms with Crippen LogP contribution in [0.4, 0.5) is 0 Å². The van der Waals surface area contributed by atoms with Crippen molar-refractivity contribution in [2.24, 2.45) is 5.92 Å². The minimum atomic E-state index is 0.718. The van der Waals surface area contributed by atoms with Crippen molar-refractivity contribution >= 4 is 0 Å². The van der Waals surface area contributed by atoms with E-state index in [1.165, 1.54) is 45.2 Å². The summed E-state index contributed by atoms with van der Waals surface area (Å²) in [4.78, 5) is 2.60. The topological polar surface area (TPSA) is 15.3 Å². The van der Waals surface area contributed by atoms with E-state index in [0.29, 0.717) is 0 Å². The normalized spacial score (nSPS) is 37.3. The maximum absolute atomic E-state index is 3.57. The molecular weight excluding hydrogens is 172 g/mol. The molecule has 1 aliphatic carbocycles. The molecule has 2 unspecified atom stereocenters. The van der Waals surface area contributed by atoms with Gasteiger partial charge >= 0.3 is 0 Å². The average Bonchev–Trinajstić information content (AvgIpc) is 2.23. The highest BCUT2D eigenvalue weighted by Gasteiger charge is 2.31. The third kappa shape index (κ3) is 2.12. The Bertz CT molecular complexity index is 175. The van der Waals surface area contributed by atoms with Crippen LogP contribution in [0.2, 0.25) is 0 Å². The van der Waals surface area contributed by atoms with E-state index in [4.69, 9.17) is 0 Å². The standard InChI is InChI=1S/C12H24N2/c1-10-8-13-9-12(14(10)2)11-6-4-3-5-7-11/h10-13H,3-9H2,1-2H3. The molecule has 0 aromatic rings. The van der Waals surface area contributed by atoms with Crippen LogP contribution in [0.15, 0.2) is 0 Å². The molecule has 2 heteroatoms. The van der Waals surface area contributed by atoms with Gasteiger partial charge in [0, 0.05) is 25.2 Å². The van der Waals surface area contributed by atoms with Crippen LogP contribution in [-0.4, -0.2) is 37.1 Å². The first-order valence-corrected chi connectivity index (χ1v) is 6.21. The average molecular weight is 196 g/mol. The molecule has 2 atom stereocenters. The summed E-state index contributed by atoms with van der Waals surface area (Å²) < 4.78 is 0. The molecule has 1 saturated heterocycles. The lowest BCUT2D eigenvalue weighted by molar-refractivity contribution is 0.0790. The summed E-state index contributed by atoms with van der Waals surface area (Å²) in [6.45, 7) is 4.72. The molecule has 14 heavy (non-hydrogen) atoms. The lowest BCUT2D eigenvalue weighted by atomic mass is 9.82. The molecule has 82 valence electrons. The second-order valence-electron chi connectivity index (χ2n) is 5.14. The van der Waals surface area contributed by atoms with Crippen LogP contribution < -0.4 is 5.32 Å². The zero-order valence-electron chi connectivity index (χ0n) is 9.63. The second-order valence-corrected chi connectivity index (χ2v) is 5.14. The monoisotopic (exact) mass is 196 g/mol.